The van der Waals surface area contributed by atoms with Gasteiger partial charge in [0.15, 0.2) is 5.43 Å². The second-order valence-corrected chi connectivity index (χ2v) is 8.66. The number of hydrogen-bond acceptors (Lipinski definition) is 4. The third-order valence-electron chi connectivity index (χ3n) is 6.10. The second kappa shape index (κ2) is 8.24. The molecule has 5 rings (SSSR count). The average Bonchev–Trinajstić information content (AvgIpc) is 2.79. The zero-order valence-corrected chi connectivity index (χ0v) is 18.6. The summed E-state index contributed by atoms with van der Waals surface area (Å²) in [5, 5.41) is 0.681. The van der Waals surface area contributed by atoms with Gasteiger partial charge in [-0.1, -0.05) is 30.3 Å². The molecule has 3 heterocycles. The summed E-state index contributed by atoms with van der Waals surface area (Å²) in [5.41, 5.74) is 6.53. The van der Waals surface area contributed by atoms with Crippen LogP contribution in [0.15, 0.2) is 71.8 Å². The Labute approximate surface area is 187 Å². The Kier molecular flexibility index (Phi) is 5.27. The summed E-state index contributed by atoms with van der Waals surface area (Å²) in [7, 11) is 0. The van der Waals surface area contributed by atoms with Gasteiger partial charge in [-0.3, -0.25) is 9.78 Å². The number of aromatic amines is 1. The molecule has 2 aromatic carbocycles. The molecule has 1 aliphatic rings. The molecular formula is C27H27N3O2. The highest BCUT2D eigenvalue weighted by Gasteiger charge is 2.22. The number of rotatable bonds is 3. The lowest BCUT2D eigenvalue weighted by molar-refractivity contribution is -0.00521. The normalized spacial score (nSPS) is 18.8. The van der Waals surface area contributed by atoms with E-state index in [0.29, 0.717) is 10.9 Å². The standard InChI is InChI=1S/C27H27N3O2/c1-17-7-8-21(13-28-17)23-5-4-6-24-26(23)29-14-25(27(24)31)20-9-11-22(12-10-20)30-15-18(2)32-19(3)16-30/h4-14,18-19H,15-16H2,1-3H3,(H,29,31)/t18-,19+. The molecule has 0 bridgehead atoms. The largest absolute Gasteiger partial charge is 0.372 e. The number of benzene rings is 2. The summed E-state index contributed by atoms with van der Waals surface area (Å²) >= 11 is 0. The lowest BCUT2D eigenvalue weighted by Gasteiger charge is -2.36. The van der Waals surface area contributed by atoms with Crippen LogP contribution in [0.1, 0.15) is 19.5 Å². The first-order valence-corrected chi connectivity index (χ1v) is 11.1. The van der Waals surface area contributed by atoms with Crippen molar-refractivity contribution in [3.8, 4) is 22.3 Å². The van der Waals surface area contributed by atoms with Gasteiger partial charge in [-0.15, -0.1) is 0 Å². The van der Waals surface area contributed by atoms with Crippen molar-refractivity contribution in [2.24, 2.45) is 0 Å². The highest BCUT2D eigenvalue weighted by molar-refractivity contribution is 5.95. The fourth-order valence-electron chi connectivity index (χ4n) is 4.57. The zero-order valence-electron chi connectivity index (χ0n) is 18.6. The Bertz CT molecular complexity index is 1300. The van der Waals surface area contributed by atoms with Crippen molar-refractivity contribution in [2.75, 3.05) is 18.0 Å². The predicted molar refractivity (Wildman–Crippen MR) is 130 cm³/mol. The summed E-state index contributed by atoms with van der Waals surface area (Å²) in [6.07, 6.45) is 4.09. The minimum Gasteiger partial charge on any atom is -0.372 e. The van der Waals surface area contributed by atoms with Gasteiger partial charge in [0.1, 0.15) is 0 Å². The Morgan fingerprint density at radius 3 is 2.34 bits per heavy atom. The SMILES string of the molecule is Cc1ccc(-c2cccc3c(=O)c(-c4ccc(N5C[C@@H](C)O[C@@H](C)C5)cc4)c[nH]c23)cn1. The number of H-pyrrole nitrogens is 1. The van der Waals surface area contributed by atoms with Gasteiger partial charge >= 0.3 is 0 Å². The van der Waals surface area contributed by atoms with Gasteiger partial charge in [-0.2, -0.15) is 0 Å². The maximum Gasteiger partial charge on any atom is 0.197 e. The smallest absolute Gasteiger partial charge is 0.197 e. The van der Waals surface area contributed by atoms with E-state index in [0.717, 1.165) is 46.7 Å². The van der Waals surface area contributed by atoms with E-state index in [1.54, 1.807) is 0 Å². The molecule has 0 amide bonds. The molecule has 0 spiro atoms. The first-order chi connectivity index (χ1) is 15.5. The highest BCUT2D eigenvalue weighted by Crippen LogP contribution is 2.28. The fourth-order valence-corrected chi connectivity index (χ4v) is 4.57. The molecule has 0 radical (unpaired) electrons. The lowest BCUT2D eigenvalue weighted by atomic mass is 9.99. The minimum absolute atomic E-state index is 0.0297. The monoisotopic (exact) mass is 425 g/mol. The zero-order chi connectivity index (χ0) is 22.2. The van der Waals surface area contributed by atoms with E-state index in [9.17, 15) is 4.79 Å². The Morgan fingerprint density at radius 2 is 1.66 bits per heavy atom. The van der Waals surface area contributed by atoms with E-state index in [2.05, 4.69) is 40.8 Å². The van der Waals surface area contributed by atoms with E-state index < -0.39 is 0 Å². The third kappa shape index (κ3) is 3.80. The molecule has 0 unspecified atom stereocenters. The van der Waals surface area contributed by atoms with Crippen molar-refractivity contribution in [1.29, 1.82) is 0 Å². The summed E-state index contributed by atoms with van der Waals surface area (Å²) in [6, 6.07) is 18.1. The molecule has 162 valence electrons. The fraction of sp³-hybridized carbons (Fsp3) is 0.259. The molecule has 1 aliphatic heterocycles. The van der Waals surface area contributed by atoms with Crippen molar-refractivity contribution in [1.82, 2.24) is 9.97 Å². The lowest BCUT2D eigenvalue weighted by Crippen LogP contribution is -2.45. The molecule has 0 aliphatic carbocycles. The number of aryl methyl sites for hydroxylation is 1. The van der Waals surface area contributed by atoms with E-state index in [1.807, 2.05) is 61.8 Å². The first kappa shape index (κ1) is 20.5. The molecule has 2 atom stereocenters. The van der Waals surface area contributed by atoms with Crippen LogP contribution in [-0.2, 0) is 4.74 Å². The van der Waals surface area contributed by atoms with Gasteiger partial charge in [-0.05, 0) is 50.6 Å². The van der Waals surface area contributed by atoms with E-state index in [4.69, 9.17) is 4.74 Å². The Balaban J connectivity index is 1.50. The van der Waals surface area contributed by atoms with Crippen molar-refractivity contribution < 1.29 is 4.74 Å². The van der Waals surface area contributed by atoms with Crippen LogP contribution in [0.5, 0.6) is 0 Å². The molecular weight excluding hydrogens is 398 g/mol. The van der Waals surface area contributed by atoms with Crippen LogP contribution < -0.4 is 10.3 Å². The summed E-state index contributed by atoms with van der Waals surface area (Å²) in [6.45, 7) is 7.92. The number of para-hydroxylation sites is 1. The molecule has 4 aromatic rings. The number of nitrogens with zero attached hydrogens (tertiary/aromatic N) is 2. The number of fused-ring (bicyclic) bond motifs is 1. The van der Waals surface area contributed by atoms with Gasteiger partial charge < -0.3 is 14.6 Å². The average molecular weight is 426 g/mol. The first-order valence-electron chi connectivity index (χ1n) is 11.1. The Morgan fingerprint density at radius 1 is 0.938 bits per heavy atom. The Hall–Kier alpha value is -3.44. The quantitative estimate of drug-likeness (QED) is 0.491. The van der Waals surface area contributed by atoms with Crippen LogP contribution in [0.4, 0.5) is 5.69 Å². The molecule has 0 saturated carbocycles. The van der Waals surface area contributed by atoms with Crippen molar-refractivity contribution in [2.45, 2.75) is 33.0 Å². The van der Waals surface area contributed by atoms with E-state index >= 15 is 0 Å². The molecule has 1 fully saturated rings. The summed E-state index contributed by atoms with van der Waals surface area (Å²) in [5.74, 6) is 0. The van der Waals surface area contributed by atoms with Crippen LogP contribution in [0.2, 0.25) is 0 Å². The van der Waals surface area contributed by atoms with Crippen LogP contribution in [0.25, 0.3) is 33.2 Å². The molecule has 2 aromatic heterocycles. The van der Waals surface area contributed by atoms with Crippen LogP contribution in [-0.4, -0.2) is 35.3 Å². The second-order valence-electron chi connectivity index (χ2n) is 8.66. The number of pyridine rings is 2. The number of anilines is 1. The number of aromatic nitrogens is 2. The van der Waals surface area contributed by atoms with Crippen LogP contribution in [0.3, 0.4) is 0 Å². The topological polar surface area (TPSA) is 58.2 Å². The van der Waals surface area contributed by atoms with Crippen molar-refractivity contribution in [3.63, 3.8) is 0 Å². The van der Waals surface area contributed by atoms with Gasteiger partial charge in [0.2, 0.25) is 0 Å². The molecule has 32 heavy (non-hydrogen) atoms. The molecule has 5 nitrogen and oxygen atoms in total. The highest BCUT2D eigenvalue weighted by atomic mass is 16.5. The van der Waals surface area contributed by atoms with E-state index in [1.165, 1.54) is 0 Å². The maximum atomic E-state index is 13.4. The number of morpholine rings is 1. The third-order valence-corrected chi connectivity index (χ3v) is 6.10. The minimum atomic E-state index is 0.0297. The molecule has 5 heteroatoms. The number of ether oxygens (including phenoxy) is 1. The number of nitrogens with one attached hydrogen (secondary N) is 1. The van der Waals surface area contributed by atoms with Gasteiger partial charge in [0.05, 0.1) is 17.7 Å². The predicted octanol–water partition coefficient (Wildman–Crippen LogP) is 5.18. The molecule has 1 saturated heterocycles. The van der Waals surface area contributed by atoms with E-state index in [-0.39, 0.29) is 17.6 Å². The summed E-state index contributed by atoms with van der Waals surface area (Å²) < 4.78 is 5.84. The van der Waals surface area contributed by atoms with Crippen LogP contribution >= 0.6 is 0 Å². The number of hydrogen-bond donors (Lipinski definition) is 1. The summed E-state index contributed by atoms with van der Waals surface area (Å²) in [4.78, 5) is 23.5. The van der Waals surface area contributed by atoms with Crippen molar-refractivity contribution >= 4 is 16.6 Å². The van der Waals surface area contributed by atoms with Crippen molar-refractivity contribution in [3.05, 3.63) is 82.9 Å². The van der Waals surface area contributed by atoms with Gasteiger partial charge in [-0.25, -0.2) is 0 Å². The maximum absolute atomic E-state index is 13.4. The molecule has 1 N–H and O–H groups in total. The van der Waals surface area contributed by atoms with Gasteiger partial charge in [0, 0.05) is 58.9 Å². The van der Waals surface area contributed by atoms with Crippen LogP contribution in [0, 0.1) is 6.92 Å². The van der Waals surface area contributed by atoms with Gasteiger partial charge in [0.25, 0.3) is 0 Å².